The van der Waals surface area contributed by atoms with E-state index in [2.05, 4.69) is 15.1 Å². The lowest BCUT2D eigenvalue weighted by Gasteiger charge is -2.07. The van der Waals surface area contributed by atoms with E-state index in [1.54, 1.807) is 20.3 Å². The van der Waals surface area contributed by atoms with Crippen LogP contribution in [0.25, 0.3) is 16.9 Å². The number of imidazole rings is 1. The van der Waals surface area contributed by atoms with Crippen LogP contribution < -0.4 is 9.47 Å². The molecule has 0 aliphatic heterocycles. The third-order valence-electron chi connectivity index (χ3n) is 3.85. The Morgan fingerprint density at radius 3 is 2.92 bits per heavy atom. The molecule has 3 heterocycles. The molecule has 0 fully saturated rings. The highest BCUT2D eigenvalue weighted by molar-refractivity contribution is 7.98. The average molecular weight is 368 g/mol. The lowest BCUT2D eigenvalue weighted by molar-refractivity contribution is 0.388. The van der Waals surface area contributed by atoms with E-state index in [4.69, 9.17) is 14.0 Å². The molecule has 0 saturated carbocycles. The van der Waals surface area contributed by atoms with E-state index in [-0.39, 0.29) is 0 Å². The predicted octanol–water partition coefficient (Wildman–Crippen LogP) is 3.69. The fourth-order valence-corrected chi connectivity index (χ4v) is 3.36. The van der Waals surface area contributed by atoms with Gasteiger partial charge in [0.1, 0.15) is 11.5 Å². The zero-order chi connectivity index (χ0) is 17.9. The molecule has 26 heavy (non-hydrogen) atoms. The standard InChI is InChI=1S/C18H16N4O3S/c1-23-13-6-7-14(15(9-13)24-2)17-20-16(25-21-17)11-26-18-19-10-12-5-3-4-8-22(12)18/h3-10H,11H2,1-2H3. The molecule has 3 aromatic heterocycles. The maximum atomic E-state index is 5.40. The Morgan fingerprint density at radius 2 is 2.08 bits per heavy atom. The summed E-state index contributed by atoms with van der Waals surface area (Å²) < 4.78 is 18.0. The van der Waals surface area contributed by atoms with Gasteiger partial charge >= 0.3 is 0 Å². The minimum atomic E-state index is 0.480. The molecular weight excluding hydrogens is 352 g/mol. The zero-order valence-corrected chi connectivity index (χ0v) is 15.1. The van der Waals surface area contributed by atoms with Crippen LogP contribution in [0.3, 0.4) is 0 Å². The van der Waals surface area contributed by atoms with Gasteiger partial charge in [0, 0.05) is 12.3 Å². The Balaban J connectivity index is 1.53. The van der Waals surface area contributed by atoms with E-state index < -0.39 is 0 Å². The summed E-state index contributed by atoms with van der Waals surface area (Å²) in [7, 11) is 3.20. The average Bonchev–Trinajstić information content (AvgIpc) is 3.32. The summed E-state index contributed by atoms with van der Waals surface area (Å²) in [6, 6.07) is 11.4. The minimum absolute atomic E-state index is 0.480. The van der Waals surface area contributed by atoms with Crippen molar-refractivity contribution in [1.82, 2.24) is 19.5 Å². The summed E-state index contributed by atoms with van der Waals surface area (Å²) in [4.78, 5) is 8.89. The molecule has 0 atom stereocenters. The number of methoxy groups -OCH3 is 2. The molecule has 132 valence electrons. The van der Waals surface area contributed by atoms with Crippen LogP contribution in [0.15, 0.2) is 58.5 Å². The number of fused-ring (bicyclic) bond motifs is 1. The van der Waals surface area contributed by atoms with Gasteiger partial charge in [0.2, 0.25) is 11.7 Å². The summed E-state index contributed by atoms with van der Waals surface area (Å²) in [5, 5.41) is 4.94. The van der Waals surface area contributed by atoms with Gasteiger partial charge in [-0.2, -0.15) is 4.98 Å². The summed E-state index contributed by atoms with van der Waals surface area (Å²) in [5.41, 5.74) is 1.80. The van der Waals surface area contributed by atoms with Crippen molar-refractivity contribution >= 4 is 17.3 Å². The van der Waals surface area contributed by atoms with E-state index in [0.29, 0.717) is 29.0 Å². The Hall–Kier alpha value is -3.00. The zero-order valence-electron chi connectivity index (χ0n) is 14.2. The molecule has 4 aromatic rings. The smallest absolute Gasteiger partial charge is 0.237 e. The Morgan fingerprint density at radius 1 is 1.15 bits per heavy atom. The van der Waals surface area contributed by atoms with Gasteiger partial charge in [-0.1, -0.05) is 23.0 Å². The van der Waals surface area contributed by atoms with Crippen LogP contribution in [-0.2, 0) is 5.75 Å². The topological polar surface area (TPSA) is 74.7 Å². The van der Waals surface area contributed by atoms with Gasteiger partial charge in [-0.15, -0.1) is 0 Å². The number of nitrogens with zero attached hydrogens (tertiary/aromatic N) is 4. The highest BCUT2D eigenvalue weighted by atomic mass is 32.2. The molecule has 0 N–H and O–H groups in total. The maximum absolute atomic E-state index is 5.40. The first-order chi connectivity index (χ1) is 12.8. The largest absolute Gasteiger partial charge is 0.497 e. The second-order valence-corrected chi connectivity index (χ2v) is 6.35. The molecule has 0 radical (unpaired) electrons. The van der Waals surface area contributed by atoms with Crippen molar-refractivity contribution in [3.8, 4) is 22.9 Å². The van der Waals surface area contributed by atoms with Crippen LogP contribution in [0.5, 0.6) is 11.5 Å². The van der Waals surface area contributed by atoms with Crippen molar-refractivity contribution in [1.29, 1.82) is 0 Å². The summed E-state index contributed by atoms with van der Waals surface area (Å²) >= 11 is 1.54. The number of aromatic nitrogens is 4. The first-order valence-corrected chi connectivity index (χ1v) is 8.87. The molecule has 4 rings (SSSR count). The van der Waals surface area contributed by atoms with Crippen molar-refractivity contribution < 1.29 is 14.0 Å². The third-order valence-corrected chi connectivity index (χ3v) is 4.80. The first-order valence-electron chi connectivity index (χ1n) is 7.88. The molecule has 0 bridgehead atoms. The van der Waals surface area contributed by atoms with Crippen LogP contribution in [0.2, 0.25) is 0 Å². The van der Waals surface area contributed by atoms with Crippen molar-refractivity contribution in [2.45, 2.75) is 10.9 Å². The highest BCUT2D eigenvalue weighted by Crippen LogP contribution is 2.32. The number of hydrogen-bond acceptors (Lipinski definition) is 7. The molecule has 0 spiro atoms. The predicted molar refractivity (Wildman–Crippen MR) is 97.6 cm³/mol. The Kier molecular flexibility index (Phi) is 4.49. The molecule has 0 amide bonds. The molecule has 0 aliphatic carbocycles. The summed E-state index contributed by atoms with van der Waals surface area (Å²) in [6.07, 6.45) is 3.82. The fraction of sp³-hybridized carbons (Fsp3) is 0.167. The monoisotopic (exact) mass is 368 g/mol. The van der Waals surface area contributed by atoms with Gasteiger partial charge in [0.15, 0.2) is 5.16 Å². The number of pyridine rings is 1. The SMILES string of the molecule is COc1ccc(-c2noc(CSc3ncc4ccccn34)n2)c(OC)c1. The quantitative estimate of drug-likeness (QED) is 0.480. The second-order valence-electron chi connectivity index (χ2n) is 5.40. The molecule has 1 aromatic carbocycles. The van der Waals surface area contributed by atoms with Crippen LogP contribution >= 0.6 is 11.8 Å². The lowest BCUT2D eigenvalue weighted by Crippen LogP contribution is -1.92. The van der Waals surface area contributed by atoms with Crippen LogP contribution in [0, 0.1) is 0 Å². The van der Waals surface area contributed by atoms with E-state index >= 15 is 0 Å². The van der Waals surface area contributed by atoms with Crippen molar-refractivity contribution in [3.05, 3.63) is 54.7 Å². The number of benzene rings is 1. The lowest BCUT2D eigenvalue weighted by atomic mass is 10.2. The van der Waals surface area contributed by atoms with E-state index in [1.807, 2.05) is 47.1 Å². The molecule has 0 saturated heterocycles. The fourth-order valence-electron chi connectivity index (χ4n) is 2.56. The van der Waals surface area contributed by atoms with Gasteiger partial charge in [-0.25, -0.2) is 4.98 Å². The van der Waals surface area contributed by atoms with Gasteiger partial charge in [0.05, 0.1) is 37.2 Å². The number of hydrogen-bond donors (Lipinski definition) is 0. The third kappa shape index (κ3) is 3.11. The maximum Gasteiger partial charge on any atom is 0.237 e. The van der Waals surface area contributed by atoms with E-state index in [9.17, 15) is 0 Å². The molecule has 0 aliphatic rings. The Bertz CT molecular complexity index is 1040. The number of rotatable bonds is 6. The van der Waals surface area contributed by atoms with Gasteiger partial charge in [0.25, 0.3) is 0 Å². The van der Waals surface area contributed by atoms with Crippen molar-refractivity contribution in [2.75, 3.05) is 14.2 Å². The second kappa shape index (κ2) is 7.09. The van der Waals surface area contributed by atoms with Gasteiger partial charge in [-0.05, 0) is 24.3 Å². The number of ether oxygens (including phenoxy) is 2. The number of thioether (sulfide) groups is 1. The molecule has 7 nitrogen and oxygen atoms in total. The van der Waals surface area contributed by atoms with Gasteiger partial charge < -0.3 is 14.0 Å². The van der Waals surface area contributed by atoms with Gasteiger partial charge in [-0.3, -0.25) is 4.40 Å². The van der Waals surface area contributed by atoms with Crippen molar-refractivity contribution in [2.24, 2.45) is 0 Å². The highest BCUT2D eigenvalue weighted by Gasteiger charge is 2.15. The Labute approximate surface area is 154 Å². The molecular formula is C18H16N4O3S. The first kappa shape index (κ1) is 16.5. The van der Waals surface area contributed by atoms with E-state index in [1.165, 1.54) is 11.8 Å². The van der Waals surface area contributed by atoms with Crippen LogP contribution in [-0.4, -0.2) is 33.7 Å². The minimum Gasteiger partial charge on any atom is -0.497 e. The van der Waals surface area contributed by atoms with E-state index in [0.717, 1.165) is 16.2 Å². The molecule has 0 unspecified atom stereocenters. The summed E-state index contributed by atoms with van der Waals surface area (Å²) in [6.45, 7) is 0. The van der Waals surface area contributed by atoms with Crippen LogP contribution in [0.1, 0.15) is 5.89 Å². The van der Waals surface area contributed by atoms with Crippen LogP contribution in [0.4, 0.5) is 0 Å². The normalized spacial score (nSPS) is 11.0. The summed E-state index contributed by atoms with van der Waals surface area (Å²) in [5.74, 6) is 2.86. The molecule has 8 heteroatoms. The van der Waals surface area contributed by atoms with Crippen molar-refractivity contribution in [3.63, 3.8) is 0 Å².